The topological polar surface area (TPSA) is 78.8 Å². The number of aliphatic hydroxyl groups is 2. The highest BCUT2D eigenvalue weighted by Gasteiger charge is 2.47. The number of amides is 1. The SMILES string of the molecule is CC(=O)NC1[C@H](O)[C@H](C)C(CO)OC1(C)C. The van der Waals surface area contributed by atoms with Gasteiger partial charge in [0, 0.05) is 12.8 Å². The average molecular weight is 231 g/mol. The summed E-state index contributed by atoms with van der Waals surface area (Å²) in [5, 5.41) is 22.0. The second-order valence-corrected chi connectivity index (χ2v) is 4.97. The third kappa shape index (κ3) is 2.53. The van der Waals surface area contributed by atoms with Gasteiger partial charge in [-0.05, 0) is 13.8 Å². The van der Waals surface area contributed by atoms with Crippen molar-refractivity contribution in [3.8, 4) is 0 Å². The van der Waals surface area contributed by atoms with Crippen molar-refractivity contribution in [2.45, 2.75) is 51.5 Å². The van der Waals surface area contributed by atoms with Gasteiger partial charge in [0.05, 0.1) is 30.5 Å². The Morgan fingerprint density at radius 3 is 2.50 bits per heavy atom. The van der Waals surface area contributed by atoms with Gasteiger partial charge in [-0.3, -0.25) is 4.79 Å². The maximum Gasteiger partial charge on any atom is 0.217 e. The molecule has 1 fully saturated rings. The Kier molecular flexibility index (Phi) is 3.93. The van der Waals surface area contributed by atoms with Crippen molar-refractivity contribution in [1.29, 1.82) is 0 Å². The zero-order valence-corrected chi connectivity index (χ0v) is 10.2. The van der Waals surface area contributed by atoms with Gasteiger partial charge in [-0.25, -0.2) is 0 Å². The first-order valence-corrected chi connectivity index (χ1v) is 5.53. The molecular formula is C11H21NO4. The molecule has 1 aliphatic heterocycles. The summed E-state index contributed by atoms with van der Waals surface area (Å²) in [5.41, 5.74) is -0.689. The van der Waals surface area contributed by atoms with Crippen LogP contribution in [-0.4, -0.2) is 46.6 Å². The molecule has 0 spiro atoms. The fourth-order valence-electron chi connectivity index (χ4n) is 2.19. The van der Waals surface area contributed by atoms with Crippen molar-refractivity contribution in [2.75, 3.05) is 6.61 Å². The van der Waals surface area contributed by atoms with E-state index in [0.717, 1.165) is 0 Å². The van der Waals surface area contributed by atoms with E-state index in [4.69, 9.17) is 9.84 Å². The van der Waals surface area contributed by atoms with E-state index in [1.165, 1.54) is 6.92 Å². The molecule has 94 valence electrons. The van der Waals surface area contributed by atoms with Crippen molar-refractivity contribution in [2.24, 2.45) is 5.92 Å². The van der Waals surface area contributed by atoms with Gasteiger partial charge in [-0.1, -0.05) is 6.92 Å². The standard InChI is InChI=1S/C11H21NO4/c1-6-8(5-13)16-11(3,4)10(9(6)15)12-7(2)14/h6,8-10,13,15H,5H2,1-4H3,(H,12,14)/t6-,8?,9-,10?/m1/s1. The van der Waals surface area contributed by atoms with E-state index in [-0.39, 0.29) is 18.4 Å². The zero-order valence-electron chi connectivity index (χ0n) is 10.2. The minimum atomic E-state index is -0.718. The largest absolute Gasteiger partial charge is 0.394 e. The second kappa shape index (κ2) is 4.69. The number of nitrogens with one attached hydrogen (secondary N) is 1. The molecule has 5 nitrogen and oxygen atoms in total. The van der Waals surface area contributed by atoms with Crippen LogP contribution >= 0.6 is 0 Å². The Morgan fingerprint density at radius 1 is 1.50 bits per heavy atom. The summed E-state index contributed by atoms with van der Waals surface area (Å²) >= 11 is 0. The van der Waals surface area contributed by atoms with Gasteiger partial charge < -0.3 is 20.3 Å². The third-order valence-corrected chi connectivity index (χ3v) is 3.21. The molecule has 1 aliphatic rings. The minimum absolute atomic E-state index is 0.131. The van der Waals surface area contributed by atoms with Crippen LogP contribution in [0.5, 0.6) is 0 Å². The fourth-order valence-corrected chi connectivity index (χ4v) is 2.19. The van der Waals surface area contributed by atoms with Crippen LogP contribution in [0.25, 0.3) is 0 Å². The van der Waals surface area contributed by atoms with E-state index >= 15 is 0 Å². The summed E-state index contributed by atoms with van der Waals surface area (Å²) in [6.45, 7) is 6.67. The quantitative estimate of drug-likeness (QED) is 0.607. The highest BCUT2D eigenvalue weighted by molar-refractivity contribution is 5.73. The lowest BCUT2D eigenvalue weighted by molar-refractivity contribution is -0.202. The smallest absolute Gasteiger partial charge is 0.217 e. The molecule has 0 aromatic carbocycles. The molecule has 1 amide bonds. The lowest BCUT2D eigenvalue weighted by atomic mass is 9.81. The molecule has 3 N–H and O–H groups in total. The second-order valence-electron chi connectivity index (χ2n) is 4.97. The molecule has 0 saturated carbocycles. The molecule has 1 rings (SSSR count). The predicted octanol–water partition coefficient (Wildman–Crippen LogP) is -0.342. The molecule has 2 unspecified atom stereocenters. The molecule has 4 atom stereocenters. The fraction of sp³-hybridized carbons (Fsp3) is 0.909. The lowest BCUT2D eigenvalue weighted by Gasteiger charge is -2.48. The monoisotopic (exact) mass is 231 g/mol. The van der Waals surface area contributed by atoms with Crippen LogP contribution in [-0.2, 0) is 9.53 Å². The first-order chi connectivity index (χ1) is 7.29. The van der Waals surface area contributed by atoms with Crippen LogP contribution in [0.2, 0.25) is 0 Å². The first-order valence-electron chi connectivity index (χ1n) is 5.53. The van der Waals surface area contributed by atoms with Crippen LogP contribution in [0.3, 0.4) is 0 Å². The first kappa shape index (κ1) is 13.4. The van der Waals surface area contributed by atoms with Crippen LogP contribution in [0, 0.1) is 5.92 Å². The van der Waals surface area contributed by atoms with Gasteiger partial charge in [0.1, 0.15) is 0 Å². The molecule has 1 saturated heterocycles. The van der Waals surface area contributed by atoms with Crippen molar-refractivity contribution < 1.29 is 19.7 Å². The average Bonchev–Trinajstić information content (AvgIpc) is 2.18. The van der Waals surface area contributed by atoms with E-state index in [1.54, 1.807) is 20.8 Å². The van der Waals surface area contributed by atoms with E-state index in [1.807, 2.05) is 0 Å². The van der Waals surface area contributed by atoms with Crippen molar-refractivity contribution in [3.05, 3.63) is 0 Å². The molecule has 0 aromatic heterocycles. The Balaban J connectivity index is 2.87. The minimum Gasteiger partial charge on any atom is -0.394 e. The summed E-state index contributed by atoms with van der Waals surface area (Å²) in [4.78, 5) is 11.1. The highest BCUT2D eigenvalue weighted by atomic mass is 16.5. The summed E-state index contributed by atoms with van der Waals surface area (Å²) in [6, 6.07) is -0.456. The third-order valence-electron chi connectivity index (χ3n) is 3.21. The lowest BCUT2D eigenvalue weighted by Crippen LogP contribution is -2.65. The van der Waals surface area contributed by atoms with E-state index in [9.17, 15) is 9.90 Å². The predicted molar refractivity (Wildman–Crippen MR) is 58.8 cm³/mol. The summed E-state index contributed by atoms with van der Waals surface area (Å²) in [6.07, 6.45) is -1.11. The normalized spacial score (nSPS) is 38.1. The van der Waals surface area contributed by atoms with Crippen LogP contribution in [0.1, 0.15) is 27.7 Å². The van der Waals surface area contributed by atoms with E-state index in [0.29, 0.717) is 0 Å². The molecule has 0 aliphatic carbocycles. The van der Waals surface area contributed by atoms with Gasteiger partial charge in [0.2, 0.25) is 5.91 Å². The molecule has 0 aromatic rings. The van der Waals surface area contributed by atoms with Gasteiger partial charge >= 0.3 is 0 Å². The van der Waals surface area contributed by atoms with Crippen LogP contribution in [0.4, 0.5) is 0 Å². The Bertz CT molecular complexity index is 267. The maximum absolute atomic E-state index is 11.1. The molecule has 5 heteroatoms. The van der Waals surface area contributed by atoms with E-state index in [2.05, 4.69) is 5.32 Å². The molecule has 16 heavy (non-hydrogen) atoms. The van der Waals surface area contributed by atoms with Gasteiger partial charge in [-0.15, -0.1) is 0 Å². The number of aliphatic hydroxyl groups excluding tert-OH is 2. The van der Waals surface area contributed by atoms with Gasteiger partial charge in [0.25, 0.3) is 0 Å². The van der Waals surface area contributed by atoms with E-state index < -0.39 is 23.9 Å². The Morgan fingerprint density at radius 2 is 2.06 bits per heavy atom. The van der Waals surface area contributed by atoms with Crippen LogP contribution in [0.15, 0.2) is 0 Å². The number of hydrogen-bond donors (Lipinski definition) is 3. The zero-order chi connectivity index (χ0) is 12.5. The Labute approximate surface area is 95.8 Å². The summed E-state index contributed by atoms with van der Waals surface area (Å²) < 4.78 is 5.69. The van der Waals surface area contributed by atoms with Crippen molar-refractivity contribution in [1.82, 2.24) is 5.32 Å². The molecular weight excluding hydrogens is 210 g/mol. The molecule has 1 heterocycles. The van der Waals surface area contributed by atoms with Gasteiger partial charge in [-0.2, -0.15) is 0 Å². The van der Waals surface area contributed by atoms with Gasteiger partial charge in [0.15, 0.2) is 0 Å². The number of rotatable bonds is 2. The number of hydrogen-bond acceptors (Lipinski definition) is 4. The van der Waals surface area contributed by atoms with Crippen molar-refractivity contribution >= 4 is 5.91 Å². The van der Waals surface area contributed by atoms with Crippen LogP contribution < -0.4 is 5.32 Å². The molecule has 0 radical (unpaired) electrons. The highest BCUT2D eigenvalue weighted by Crippen LogP contribution is 2.32. The number of ether oxygens (including phenoxy) is 1. The Hall–Kier alpha value is -0.650. The number of carbonyl (C=O) groups excluding carboxylic acids is 1. The maximum atomic E-state index is 11.1. The summed E-state index contributed by atoms with van der Waals surface area (Å²) in [5.74, 6) is -0.412. The number of carbonyl (C=O) groups is 1. The summed E-state index contributed by atoms with van der Waals surface area (Å²) in [7, 11) is 0. The van der Waals surface area contributed by atoms with Crippen molar-refractivity contribution in [3.63, 3.8) is 0 Å². The molecule has 0 bridgehead atoms.